The molecule has 0 fully saturated rings. The van der Waals surface area contributed by atoms with Crippen molar-refractivity contribution in [1.82, 2.24) is 0 Å². The Morgan fingerprint density at radius 1 is 0.792 bits per heavy atom. The monoisotopic (exact) mass is 643 g/mol. The van der Waals surface area contributed by atoms with Crippen LogP contribution < -0.4 is 25.3 Å². The molecule has 5 aromatic carbocycles. The maximum Gasteiger partial charge on any atom is 0.268 e. The van der Waals surface area contributed by atoms with E-state index in [1.54, 1.807) is 0 Å². The molecule has 1 aliphatic carbocycles. The molecule has 0 N–H and O–H groups in total. The van der Waals surface area contributed by atoms with Gasteiger partial charge in [0.25, 0.3) is 6.71 Å². The first-order chi connectivity index (χ1) is 23.1. The Balaban J connectivity index is 1.30. The predicted molar refractivity (Wildman–Crippen MR) is 207 cm³/mol. The van der Waals surface area contributed by atoms with Gasteiger partial charge in [-0.1, -0.05) is 102 Å². The molecule has 0 radical (unpaired) electrons. The molecule has 2 aliphatic heterocycles. The Labute approximate surface area is 289 Å². The lowest BCUT2D eigenvalue weighted by molar-refractivity contribution is 0.402. The van der Waals surface area contributed by atoms with E-state index in [-0.39, 0.29) is 17.5 Å². The number of hydrogen-bond acceptors (Lipinski definition) is 3. The van der Waals surface area contributed by atoms with Gasteiger partial charge in [-0.15, -0.1) is 11.3 Å². The molecule has 3 aliphatic rings. The molecule has 9 rings (SSSR count). The second-order valence-electron chi connectivity index (χ2n) is 15.6. The number of fused-ring (bicyclic) bond motifs is 7. The largest absolute Gasteiger partial charge is 0.458 e. The van der Waals surface area contributed by atoms with Crippen LogP contribution in [0.5, 0.6) is 11.5 Å². The molecule has 0 amide bonds. The number of hydrogen-bond donors (Lipinski definition) is 0. The van der Waals surface area contributed by atoms with E-state index in [9.17, 15) is 0 Å². The van der Waals surface area contributed by atoms with Crippen molar-refractivity contribution in [1.29, 1.82) is 0 Å². The summed E-state index contributed by atoms with van der Waals surface area (Å²) in [6, 6.07) is 36.6. The first-order valence-electron chi connectivity index (χ1n) is 17.7. The van der Waals surface area contributed by atoms with E-state index in [4.69, 9.17) is 4.74 Å². The molecule has 0 spiro atoms. The Morgan fingerprint density at radius 2 is 1.52 bits per heavy atom. The standard InChI is InChI=1S/C44H42BNOS/c1-7-8-12-28-15-20-32-39(23-28)48-42-41(32)46(31-18-16-30(17-19-31)29-13-10-9-11-14-29)36-21-27(2)22-38-40(36)45(42)35-24-33-34(25-37(35)47-38)44(5,6)26-43(33,3)4/h9-11,13-25H,7-8,12,26H2,1-6H3. The molecule has 0 saturated heterocycles. The minimum atomic E-state index is 0.113. The average Bonchev–Trinajstić information content (AvgIpc) is 3.53. The summed E-state index contributed by atoms with van der Waals surface area (Å²) in [6.45, 7) is 14.2. The van der Waals surface area contributed by atoms with Gasteiger partial charge < -0.3 is 9.64 Å². The van der Waals surface area contributed by atoms with Crippen LogP contribution in [-0.2, 0) is 17.3 Å². The van der Waals surface area contributed by atoms with Crippen molar-refractivity contribution in [3.05, 3.63) is 119 Å². The molecule has 238 valence electrons. The minimum Gasteiger partial charge on any atom is -0.458 e. The summed E-state index contributed by atoms with van der Waals surface area (Å²) in [4.78, 5) is 2.53. The Hall–Kier alpha value is -4.28. The van der Waals surface area contributed by atoms with Crippen LogP contribution in [0.15, 0.2) is 97.1 Å². The Kier molecular flexibility index (Phi) is 6.59. The smallest absolute Gasteiger partial charge is 0.268 e. The molecule has 6 aromatic rings. The summed E-state index contributed by atoms with van der Waals surface area (Å²) in [5.41, 5.74) is 14.6. The molecule has 3 heterocycles. The zero-order valence-electron chi connectivity index (χ0n) is 28.9. The van der Waals surface area contributed by atoms with Crippen molar-refractivity contribution < 1.29 is 4.74 Å². The number of ether oxygens (including phenoxy) is 1. The van der Waals surface area contributed by atoms with Crippen LogP contribution in [0, 0.1) is 6.92 Å². The van der Waals surface area contributed by atoms with Crippen LogP contribution in [0.2, 0.25) is 0 Å². The molecule has 0 unspecified atom stereocenters. The van der Waals surface area contributed by atoms with E-state index in [1.165, 1.54) is 89.1 Å². The van der Waals surface area contributed by atoms with Crippen LogP contribution in [0.3, 0.4) is 0 Å². The molecule has 0 atom stereocenters. The molecular weight excluding hydrogens is 601 g/mol. The molecule has 1 aromatic heterocycles. The van der Waals surface area contributed by atoms with E-state index in [1.807, 2.05) is 11.3 Å². The fraction of sp³-hybridized carbons (Fsp3) is 0.273. The van der Waals surface area contributed by atoms with Gasteiger partial charge >= 0.3 is 0 Å². The van der Waals surface area contributed by atoms with Gasteiger partial charge in [0.15, 0.2) is 0 Å². The van der Waals surface area contributed by atoms with Gasteiger partial charge in [-0.2, -0.15) is 0 Å². The zero-order valence-corrected chi connectivity index (χ0v) is 29.7. The number of anilines is 3. The maximum absolute atomic E-state index is 6.98. The highest BCUT2D eigenvalue weighted by molar-refractivity contribution is 7.33. The van der Waals surface area contributed by atoms with Gasteiger partial charge in [0.2, 0.25) is 0 Å². The highest BCUT2D eigenvalue weighted by Crippen LogP contribution is 2.52. The van der Waals surface area contributed by atoms with Gasteiger partial charge in [0.05, 0.1) is 5.69 Å². The summed E-state index contributed by atoms with van der Waals surface area (Å²) in [7, 11) is 0. The summed E-state index contributed by atoms with van der Waals surface area (Å²) in [5, 5.41) is 1.34. The molecular formula is C44H42BNOS. The summed E-state index contributed by atoms with van der Waals surface area (Å²) >= 11 is 1.99. The van der Waals surface area contributed by atoms with Crippen molar-refractivity contribution in [3.8, 4) is 22.6 Å². The number of nitrogens with zero attached hydrogens (tertiary/aromatic N) is 1. The molecule has 2 nitrogen and oxygen atoms in total. The number of aryl methyl sites for hydroxylation is 2. The van der Waals surface area contributed by atoms with Gasteiger partial charge in [-0.05, 0) is 118 Å². The van der Waals surface area contributed by atoms with Gasteiger partial charge in [-0.3, -0.25) is 0 Å². The van der Waals surface area contributed by atoms with Crippen molar-refractivity contribution in [2.75, 3.05) is 4.90 Å². The second-order valence-corrected chi connectivity index (χ2v) is 16.7. The highest BCUT2D eigenvalue weighted by atomic mass is 32.1. The third-order valence-electron chi connectivity index (χ3n) is 11.1. The maximum atomic E-state index is 6.98. The number of thiophene rings is 1. The molecule has 0 bridgehead atoms. The second kappa shape index (κ2) is 10.6. The van der Waals surface area contributed by atoms with E-state index in [2.05, 4.69) is 144 Å². The zero-order chi connectivity index (χ0) is 32.9. The van der Waals surface area contributed by atoms with E-state index >= 15 is 0 Å². The van der Waals surface area contributed by atoms with Crippen LogP contribution >= 0.6 is 11.3 Å². The lowest BCUT2D eigenvalue weighted by atomic mass is 9.36. The first kappa shape index (κ1) is 29.8. The van der Waals surface area contributed by atoms with E-state index in [0.717, 1.165) is 24.3 Å². The van der Waals surface area contributed by atoms with Crippen molar-refractivity contribution in [2.24, 2.45) is 0 Å². The summed E-state index contributed by atoms with van der Waals surface area (Å²) in [5.74, 6) is 2.02. The van der Waals surface area contributed by atoms with Crippen LogP contribution in [0.4, 0.5) is 17.1 Å². The van der Waals surface area contributed by atoms with Gasteiger partial charge in [-0.25, -0.2) is 0 Å². The fourth-order valence-electron chi connectivity index (χ4n) is 9.11. The van der Waals surface area contributed by atoms with E-state index < -0.39 is 0 Å². The van der Waals surface area contributed by atoms with Crippen molar-refractivity contribution >= 4 is 60.9 Å². The lowest BCUT2D eigenvalue weighted by Gasteiger charge is -2.39. The van der Waals surface area contributed by atoms with Crippen LogP contribution in [0.1, 0.15) is 76.1 Å². The highest BCUT2D eigenvalue weighted by Gasteiger charge is 2.48. The van der Waals surface area contributed by atoms with Gasteiger partial charge in [0.1, 0.15) is 11.5 Å². The van der Waals surface area contributed by atoms with E-state index in [0.29, 0.717) is 0 Å². The van der Waals surface area contributed by atoms with Crippen molar-refractivity contribution in [2.45, 2.75) is 78.1 Å². The quantitative estimate of drug-likeness (QED) is 0.173. The minimum absolute atomic E-state index is 0.113. The molecule has 0 saturated carbocycles. The number of benzene rings is 5. The fourth-order valence-corrected chi connectivity index (χ4v) is 10.5. The Bertz CT molecular complexity index is 2240. The number of unbranched alkanes of at least 4 members (excludes halogenated alkanes) is 1. The van der Waals surface area contributed by atoms with Crippen LogP contribution in [-0.4, -0.2) is 6.71 Å². The van der Waals surface area contributed by atoms with Crippen molar-refractivity contribution in [3.63, 3.8) is 0 Å². The SMILES string of the molecule is CCCCc1ccc2c3c(sc2c1)B1c2cc4c(cc2Oc2cc(C)cc(c21)N3c1ccc(-c2ccccc2)cc1)C(C)(C)CC4(C)C. The third kappa shape index (κ3) is 4.45. The summed E-state index contributed by atoms with van der Waals surface area (Å²) < 4.78 is 9.78. The third-order valence-corrected chi connectivity index (χ3v) is 12.3. The van der Waals surface area contributed by atoms with Gasteiger partial charge in [0, 0.05) is 26.2 Å². The predicted octanol–water partition coefficient (Wildman–Crippen LogP) is 10.6. The Morgan fingerprint density at radius 3 is 2.27 bits per heavy atom. The molecule has 4 heteroatoms. The lowest BCUT2D eigenvalue weighted by Crippen LogP contribution is -2.58. The molecule has 48 heavy (non-hydrogen) atoms. The first-order valence-corrected chi connectivity index (χ1v) is 18.5. The summed E-state index contributed by atoms with van der Waals surface area (Å²) in [6.07, 6.45) is 4.69. The average molecular weight is 644 g/mol. The topological polar surface area (TPSA) is 12.5 Å². The van der Waals surface area contributed by atoms with Crippen LogP contribution in [0.25, 0.3) is 21.2 Å². The number of rotatable bonds is 5. The normalized spacial score (nSPS) is 16.3.